The van der Waals surface area contributed by atoms with E-state index in [1.165, 1.54) is 0 Å². The smallest absolute Gasteiger partial charge is 0.225 e. The summed E-state index contributed by atoms with van der Waals surface area (Å²) in [7, 11) is 1.61. The molecule has 17 heavy (non-hydrogen) atoms. The van der Waals surface area contributed by atoms with E-state index >= 15 is 0 Å². The van der Waals surface area contributed by atoms with Crippen molar-refractivity contribution in [3.8, 4) is 17.0 Å². The number of furan rings is 1. The van der Waals surface area contributed by atoms with Crippen molar-refractivity contribution in [1.29, 1.82) is 0 Å². The van der Waals surface area contributed by atoms with Gasteiger partial charge in [-0.2, -0.15) is 0 Å². The highest BCUT2D eigenvalue weighted by Gasteiger charge is 2.13. The molecule has 3 nitrogen and oxygen atoms in total. The van der Waals surface area contributed by atoms with Crippen molar-refractivity contribution in [3.05, 3.63) is 48.9 Å². The summed E-state index contributed by atoms with van der Waals surface area (Å²) in [6, 6.07) is 11.9. The SMILES string of the molecule is COc1nccc2occ(-c3ccccc3)c12. The molecule has 3 heteroatoms. The number of nitrogens with zero attached hydrogens (tertiary/aromatic N) is 1. The minimum atomic E-state index is 0.593. The average molecular weight is 225 g/mol. The first-order chi connectivity index (χ1) is 8.40. The van der Waals surface area contributed by atoms with Crippen molar-refractivity contribution < 1.29 is 9.15 Å². The molecule has 0 unspecified atom stereocenters. The highest BCUT2D eigenvalue weighted by atomic mass is 16.5. The molecule has 0 radical (unpaired) electrons. The molecule has 0 N–H and O–H groups in total. The van der Waals surface area contributed by atoms with E-state index in [1.807, 2.05) is 36.4 Å². The summed E-state index contributed by atoms with van der Waals surface area (Å²) in [6.45, 7) is 0. The minimum Gasteiger partial charge on any atom is -0.480 e. The third-order valence-corrected chi connectivity index (χ3v) is 2.73. The van der Waals surface area contributed by atoms with Gasteiger partial charge in [0, 0.05) is 17.8 Å². The third-order valence-electron chi connectivity index (χ3n) is 2.73. The van der Waals surface area contributed by atoms with E-state index in [9.17, 15) is 0 Å². The number of hydrogen-bond donors (Lipinski definition) is 0. The number of benzene rings is 1. The number of ether oxygens (including phenoxy) is 1. The zero-order chi connectivity index (χ0) is 11.7. The van der Waals surface area contributed by atoms with Gasteiger partial charge >= 0.3 is 0 Å². The Hall–Kier alpha value is -2.29. The molecule has 2 aromatic heterocycles. The van der Waals surface area contributed by atoms with Gasteiger partial charge in [-0.25, -0.2) is 4.98 Å². The molecular formula is C14H11NO2. The van der Waals surface area contributed by atoms with Gasteiger partial charge in [0.25, 0.3) is 0 Å². The van der Waals surface area contributed by atoms with E-state index in [2.05, 4.69) is 4.98 Å². The van der Waals surface area contributed by atoms with Gasteiger partial charge in [-0.3, -0.25) is 0 Å². The first-order valence-corrected chi connectivity index (χ1v) is 5.36. The fraction of sp³-hybridized carbons (Fsp3) is 0.0714. The maximum absolute atomic E-state index is 5.53. The highest BCUT2D eigenvalue weighted by molar-refractivity contribution is 5.97. The molecule has 0 aliphatic carbocycles. The Kier molecular flexibility index (Phi) is 2.29. The molecule has 0 atom stereocenters. The maximum atomic E-state index is 5.53. The van der Waals surface area contributed by atoms with Crippen molar-refractivity contribution in [2.45, 2.75) is 0 Å². The van der Waals surface area contributed by atoms with Crippen LogP contribution in [-0.2, 0) is 0 Å². The monoisotopic (exact) mass is 225 g/mol. The van der Waals surface area contributed by atoms with Gasteiger partial charge in [-0.05, 0) is 5.56 Å². The summed E-state index contributed by atoms with van der Waals surface area (Å²) in [4.78, 5) is 4.20. The molecule has 0 spiro atoms. The average Bonchev–Trinajstić information content (AvgIpc) is 2.83. The Balaban J connectivity index is 2.31. The number of methoxy groups -OCH3 is 1. The van der Waals surface area contributed by atoms with Crippen molar-refractivity contribution in [2.75, 3.05) is 7.11 Å². The van der Waals surface area contributed by atoms with Gasteiger partial charge in [0.05, 0.1) is 18.8 Å². The van der Waals surface area contributed by atoms with Crippen LogP contribution in [0.15, 0.2) is 53.3 Å². The van der Waals surface area contributed by atoms with Crippen molar-refractivity contribution in [2.24, 2.45) is 0 Å². The standard InChI is InChI=1S/C14H11NO2/c1-16-14-13-11(10-5-3-2-4-6-10)9-17-12(13)7-8-15-14/h2-9H,1H3. The zero-order valence-corrected chi connectivity index (χ0v) is 9.38. The first-order valence-electron chi connectivity index (χ1n) is 5.36. The van der Waals surface area contributed by atoms with Crippen LogP contribution in [0, 0.1) is 0 Å². The molecule has 3 aromatic rings. The first kappa shape index (κ1) is 9.90. The normalized spacial score (nSPS) is 10.6. The molecule has 0 bridgehead atoms. The molecular weight excluding hydrogens is 214 g/mol. The second-order valence-electron chi connectivity index (χ2n) is 3.71. The lowest BCUT2D eigenvalue weighted by atomic mass is 10.1. The van der Waals surface area contributed by atoms with Crippen LogP contribution in [0.5, 0.6) is 5.88 Å². The van der Waals surface area contributed by atoms with Gasteiger partial charge < -0.3 is 9.15 Å². The molecule has 0 aliphatic rings. The molecule has 3 rings (SSSR count). The lowest BCUT2D eigenvalue weighted by Gasteiger charge is -2.02. The summed E-state index contributed by atoms with van der Waals surface area (Å²) < 4.78 is 10.8. The second-order valence-corrected chi connectivity index (χ2v) is 3.71. The predicted molar refractivity (Wildman–Crippen MR) is 66.0 cm³/mol. The molecule has 0 aliphatic heterocycles. The Morgan fingerprint density at radius 2 is 1.94 bits per heavy atom. The van der Waals surface area contributed by atoms with Crippen LogP contribution in [0.2, 0.25) is 0 Å². The van der Waals surface area contributed by atoms with Crippen LogP contribution in [0.4, 0.5) is 0 Å². The number of aromatic nitrogens is 1. The summed E-state index contributed by atoms with van der Waals surface area (Å²) in [6.07, 6.45) is 3.42. The third kappa shape index (κ3) is 1.56. The number of hydrogen-bond acceptors (Lipinski definition) is 3. The van der Waals surface area contributed by atoms with Gasteiger partial charge in [0.15, 0.2) is 0 Å². The van der Waals surface area contributed by atoms with Crippen LogP contribution >= 0.6 is 0 Å². The van der Waals surface area contributed by atoms with Crippen LogP contribution in [0.3, 0.4) is 0 Å². The number of pyridine rings is 1. The molecule has 84 valence electrons. The fourth-order valence-electron chi connectivity index (χ4n) is 1.94. The van der Waals surface area contributed by atoms with E-state index in [0.717, 1.165) is 22.1 Å². The van der Waals surface area contributed by atoms with E-state index in [4.69, 9.17) is 9.15 Å². The van der Waals surface area contributed by atoms with Crippen LogP contribution < -0.4 is 4.74 Å². The Morgan fingerprint density at radius 1 is 1.12 bits per heavy atom. The summed E-state index contributed by atoms with van der Waals surface area (Å²) in [5.41, 5.74) is 2.89. The Morgan fingerprint density at radius 3 is 2.71 bits per heavy atom. The van der Waals surface area contributed by atoms with E-state index in [1.54, 1.807) is 19.6 Å². The van der Waals surface area contributed by atoms with E-state index in [-0.39, 0.29) is 0 Å². The van der Waals surface area contributed by atoms with Crippen LogP contribution in [-0.4, -0.2) is 12.1 Å². The molecule has 2 heterocycles. The minimum absolute atomic E-state index is 0.593. The van der Waals surface area contributed by atoms with Gasteiger partial charge in [-0.1, -0.05) is 30.3 Å². The fourth-order valence-corrected chi connectivity index (χ4v) is 1.94. The van der Waals surface area contributed by atoms with Crippen molar-refractivity contribution >= 4 is 11.0 Å². The largest absolute Gasteiger partial charge is 0.480 e. The van der Waals surface area contributed by atoms with Crippen LogP contribution in [0.25, 0.3) is 22.1 Å². The Labute approximate surface area is 98.7 Å². The lowest BCUT2D eigenvalue weighted by molar-refractivity contribution is 0.403. The molecule has 0 saturated heterocycles. The lowest BCUT2D eigenvalue weighted by Crippen LogP contribution is -1.87. The number of rotatable bonds is 2. The molecule has 0 fully saturated rings. The van der Waals surface area contributed by atoms with E-state index < -0.39 is 0 Å². The summed E-state index contributed by atoms with van der Waals surface area (Å²) in [5.74, 6) is 0.593. The number of fused-ring (bicyclic) bond motifs is 1. The highest BCUT2D eigenvalue weighted by Crippen LogP contribution is 2.35. The second kappa shape index (κ2) is 3.94. The molecule has 1 aromatic carbocycles. The summed E-state index contributed by atoms with van der Waals surface area (Å²) in [5, 5.41) is 0.918. The van der Waals surface area contributed by atoms with E-state index in [0.29, 0.717) is 5.88 Å². The molecule has 0 amide bonds. The maximum Gasteiger partial charge on any atom is 0.225 e. The zero-order valence-electron chi connectivity index (χ0n) is 9.38. The Bertz CT molecular complexity index is 644. The van der Waals surface area contributed by atoms with Crippen LogP contribution in [0.1, 0.15) is 0 Å². The topological polar surface area (TPSA) is 35.3 Å². The predicted octanol–water partition coefficient (Wildman–Crippen LogP) is 3.50. The molecule has 0 saturated carbocycles. The van der Waals surface area contributed by atoms with Gasteiger partial charge in [0.1, 0.15) is 5.58 Å². The van der Waals surface area contributed by atoms with Gasteiger partial charge in [-0.15, -0.1) is 0 Å². The van der Waals surface area contributed by atoms with Crippen molar-refractivity contribution in [1.82, 2.24) is 4.98 Å². The van der Waals surface area contributed by atoms with Gasteiger partial charge in [0.2, 0.25) is 5.88 Å². The quantitative estimate of drug-likeness (QED) is 0.669. The summed E-state index contributed by atoms with van der Waals surface area (Å²) >= 11 is 0. The van der Waals surface area contributed by atoms with Crippen molar-refractivity contribution in [3.63, 3.8) is 0 Å².